The molecule has 1 heterocycles. The summed E-state index contributed by atoms with van der Waals surface area (Å²) in [6.45, 7) is 8.10. The lowest BCUT2D eigenvalue weighted by atomic mass is 10.0. The fourth-order valence-corrected chi connectivity index (χ4v) is 2.87. The molecule has 1 saturated heterocycles. The largest absolute Gasteiger partial charge is 0.484 e. The molecule has 2 rings (SSSR count). The van der Waals surface area contributed by atoms with Gasteiger partial charge in [-0.05, 0) is 56.0 Å². The Morgan fingerprint density at radius 3 is 3.05 bits per heavy atom. The number of hydrogen-bond donors (Lipinski definition) is 1. The number of carbonyl (C=O) groups excluding carboxylic acids is 1. The Bertz CT molecular complexity index is 507. The van der Waals surface area contributed by atoms with E-state index in [1.165, 1.54) is 12.8 Å². The zero-order chi connectivity index (χ0) is 15.9. The van der Waals surface area contributed by atoms with E-state index >= 15 is 0 Å². The van der Waals surface area contributed by atoms with E-state index in [2.05, 4.69) is 17.1 Å². The van der Waals surface area contributed by atoms with Crippen molar-refractivity contribution < 1.29 is 9.53 Å². The van der Waals surface area contributed by atoms with Crippen molar-refractivity contribution in [3.63, 3.8) is 0 Å². The van der Waals surface area contributed by atoms with Crippen LogP contribution in [0, 0.1) is 12.8 Å². The van der Waals surface area contributed by atoms with E-state index in [0.717, 1.165) is 31.1 Å². The third-order valence-corrected chi connectivity index (χ3v) is 4.41. The van der Waals surface area contributed by atoms with Crippen molar-refractivity contribution in [1.29, 1.82) is 0 Å². The number of hydrogen-bond acceptors (Lipinski definition) is 3. The van der Waals surface area contributed by atoms with Gasteiger partial charge in [0, 0.05) is 24.7 Å². The Labute approximate surface area is 137 Å². The first-order valence-corrected chi connectivity index (χ1v) is 8.30. The standard InChI is InChI=1S/C17H25ClN2O2/c1-13-4-3-8-20(11-13)9-7-19-17(21)12-22-15-5-6-16(18)14(2)10-15/h5-6,10,13H,3-4,7-9,11-12H2,1-2H3,(H,19,21). The van der Waals surface area contributed by atoms with Gasteiger partial charge in [-0.3, -0.25) is 4.79 Å². The van der Waals surface area contributed by atoms with Crippen molar-refractivity contribution in [3.05, 3.63) is 28.8 Å². The maximum Gasteiger partial charge on any atom is 0.257 e. The highest BCUT2D eigenvalue weighted by molar-refractivity contribution is 6.31. The minimum absolute atomic E-state index is 0.0392. The Kier molecular flexibility index (Phi) is 6.52. The van der Waals surface area contributed by atoms with Crippen LogP contribution in [0.4, 0.5) is 0 Å². The molecule has 1 aliphatic heterocycles. The third-order valence-electron chi connectivity index (χ3n) is 3.99. The molecule has 1 aromatic carbocycles. The zero-order valence-corrected chi connectivity index (χ0v) is 14.2. The number of rotatable bonds is 6. The van der Waals surface area contributed by atoms with E-state index in [9.17, 15) is 4.79 Å². The molecule has 0 aromatic heterocycles. The second-order valence-corrected chi connectivity index (χ2v) is 6.50. The van der Waals surface area contributed by atoms with Crippen LogP contribution in [0.5, 0.6) is 5.75 Å². The lowest BCUT2D eigenvalue weighted by molar-refractivity contribution is -0.123. The number of nitrogens with zero attached hydrogens (tertiary/aromatic N) is 1. The predicted molar refractivity (Wildman–Crippen MR) is 89.5 cm³/mol. The monoisotopic (exact) mass is 324 g/mol. The molecule has 1 unspecified atom stereocenters. The molecule has 1 aliphatic rings. The summed E-state index contributed by atoms with van der Waals surface area (Å²) >= 11 is 5.96. The molecule has 0 radical (unpaired) electrons. The van der Waals surface area contributed by atoms with Crippen molar-refractivity contribution in [2.24, 2.45) is 5.92 Å². The second kappa shape index (κ2) is 8.39. The van der Waals surface area contributed by atoms with Crippen molar-refractivity contribution in [2.75, 3.05) is 32.8 Å². The van der Waals surface area contributed by atoms with Crippen molar-refractivity contribution in [2.45, 2.75) is 26.7 Å². The fourth-order valence-electron chi connectivity index (χ4n) is 2.75. The van der Waals surface area contributed by atoms with Gasteiger partial charge < -0.3 is 15.0 Å². The lowest BCUT2D eigenvalue weighted by Gasteiger charge is -2.30. The van der Waals surface area contributed by atoms with Crippen molar-refractivity contribution in [3.8, 4) is 5.75 Å². The summed E-state index contributed by atoms with van der Waals surface area (Å²) < 4.78 is 5.48. The first kappa shape index (κ1) is 17.1. The Morgan fingerprint density at radius 2 is 2.32 bits per heavy atom. The van der Waals surface area contributed by atoms with Gasteiger partial charge in [0.1, 0.15) is 5.75 Å². The molecule has 0 aliphatic carbocycles. The maximum atomic E-state index is 11.8. The SMILES string of the molecule is Cc1cc(OCC(=O)NCCN2CCCC(C)C2)ccc1Cl. The minimum atomic E-state index is -0.0855. The molecule has 0 saturated carbocycles. The van der Waals surface area contributed by atoms with Crippen LogP contribution in [0.1, 0.15) is 25.3 Å². The quantitative estimate of drug-likeness (QED) is 0.875. The third kappa shape index (κ3) is 5.50. The molecule has 0 spiro atoms. The molecule has 1 amide bonds. The van der Waals surface area contributed by atoms with Crippen LogP contribution >= 0.6 is 11.6 Å². The van der Waals surface area contributed by atoms with Crippen LogP contribution in [0.15, 0.2) is 18.2 Å². The highest BCUT2D eigenvalue weighted by Gasteiger charge is 2.15. The fraction of sp³-hybridized carbons (Fsp3) is 0.588. The minimum Gasteiger partial charge on any atom is -0.484 e. The average Bonchev–Trinajstić information content (AvgIpc) is 2.48. The van der Waals surface area contributed by atoms with E-state index in [1.54, 1.807) is 12.1 Å². The smallest absolute Gasteiger partial charge is 0.257 e. The molecule has 122 valence electrons. The number of likely N-dealkylation sites (tertiary alicyclic amines) is 1. The first-order chi connectivity index (χ1) is 10.5. The van der Waals surface area contributed by atoms with Gasteiger partial charge in [-0.15, -0.1) is 0 Å². The zero-order valence-electron chi connectivity index (χ0n) is 13.4. The van der Waals surface area contributed by atoms with Crippen LogP contribution in [-0.2, 0) is 4.79 Å². The normalized spacial score (nSPS) is 19.0. The maximum absolute atomic E-state index is 11.8. The summed E-state index contributed by atoms with van der Waals surface area (Å²) in [4.78, 5) is 14.2. The summed E-state index contributed by atoms with van der Waals surface area (Å²) in [5.41, 5.74) is 0.943. The molecule has 1 aromatic rings. The summed E-state index contributed by atoms with van der Waals surface area (Å²) in [6.07, 6.45) is 2.57. The van der Waals surface area contributed by atoms with Gasteiger partial charge in [-0.25, -0.2) is 0 Å². The number of nitrogens with one attached hydrogen (secondary N) is 1. The van der Waals surface area contributed by atoms with Crippen molar-refractivity contribution >= 4 is 17.5 Å². The lowest BCUT2D eigenvalue weighted by Crippen LogP contribution is -2.41. The molecule has 4 nitrogen and oxygen atoms in total. The van der Waals surface area contributed by atoms with Gasteiger partial charge in [0.2, 0.25) is 0 Å². The molecule has 1 atom stereocenters. The molecule has 1 N–H and O–H groups in total. The number of aryl methyl sites for hydroxylation is 1. The summed E-state index contributed by atoms with van der Waals surface area (Å²) in [5, 5.41) is 3.61. The topological polar surface area (TPSA) is 41.6 Å². The Morgan fingerprint density at radius 1 is 1.50 bits per heavy atom. The number of carbonyl (C=O) groups is 1. The average molecular weight is 325 g/mol. The molecule has 22 heavy (non-hydrogen) atoms. The highest BCUT2D eigenvalue weighted by Crippen LogP contribution is 2.20. The van der Waals surface area contributed by atoms with Crippen LogP contribution < -0.4 is 10.1 Å². The molecular weight excluding hydrogens is 300 g/mol. The number of amides is 1. The summed E-state index contributed by atoms with van der Waals surface area (Å²) in [5.74, 6) is 1.35. The second-order valence-electron chi connectivity index (χ2n) is 6.10. The number of benzene rings is 1. The Hall–Kier alpha value is -1.26. The van der Waals surface area contributed by atoms with Crippen molar-refractivity contribution in [1.82, 2.24) is 10.2 Å². The van der Waals surface area contributed by atoms with Crippen LogP contribution in [0.3, 0.4) is 0 Å². The summed E-state index contributed by atoms with van der Waals surface area (Å²) in [7, 11) is 0. The predicted octanol–water partition coefficient (Wildman–Crippen LogP) is 2.88. The number of piperidine rings is 1. The molecular formula is C17H25ClN2O2. The van der Waals surface area contributed by atoms with E-state index in [-0.39, 0.29) is 12.5 Å². The van der Waals surface area contributed by atoms with Crippen LogP contribution in [0.25, 0.3) is 0 Å². The first-order valence-electron chi connectivity index (χ1n) is 7.92. The molecule has 5 heteroatoms. The Balaban J connectivity index is 1.64. The van der Waals surface area contributed by atoms with E-state index in [1.807, 2.05) is 13.0 Å². The highest BCUT2D eigenvalue weighted by atomic mass is 35.5. The van der Waals surface area contributed by atoms with E-state index in [4.69, 9.17) is 16.3 Å². The van der Waals surface area contributed by atoms with Gasteiger partial charge in [0.15, 0.2) is 6.61 Å². The van der Waals surface area contributed by atoms with Gasteiger partial charge in [0.05, 0.1) is 0 Å². The van der Waals surface area contributed by atoms with E-state index in [0.29, 0.717) is 17.3 Å². The van der Waals surface area contributed by atoms with Crippen LogP contribution in [-0.4, -0.2) is 43.6 Å². The van der Waals surface area contributed by atoms with Crippen LogP contribution in [0.2, 0.25) is 5.02 Å². The van der Waals surface area contributed by atoms with Gasteiger partial charge in [-0.1, -0.05) is 18.5 Å². The summed E-state index contributed by atoms with van der Waals surface area (Å²) in [6, 6.07) is 5.39. The van der Waals surface area contributed by atoms with Gasteiger partial charge in [0.25, 0.3) is 5.91 Å². The molecule has 0 bridgehead atoms. The molecule has 1 fully saturated rings. The van der Waals surface area contributed by atoms with Gasteiger partial charge >= 0.3 is 0 Å². The number of halogens is 1. The van der Waals surface area contributed by atoms with Gasteiger partial charge in [-0.2, -0.15) is 0 Å². The van der Waals surface area contributed by atoms with E-state index < -0.39 is 0 Å². The number of ether oxygens (including phenoxy) is 1.